The van der Waals surface area contributed by atoms with E-state index < -0.39 is 0 Å². The summed E-state index contributed by atoms with van der Waals surface area (Å²) in [5.41, 5.74) is 2.40. The van der Waals surface area contributed by atoms with E-state index in [4.69, 9.17) is 4.52 Å². The Morgan fingerprint density at radius 1 is 1.12 bits per heavy atom. The van der Waals surface area contributed by atoms with Gasteiger partial charge >= 0.3 is 0 Å². The molecule has 1 saturated heterocycles. The van der Waals surface area contributed by atoms with Gasteiger partial charge in [-0.3, -0.25) is 0 Å². The van der Waals surface area contributed by atoms with E-state index in [0.29, 0.717) is 5.92 Å². The molecule has 2 aromatic rings. The van der Waals surface area contributed by atoms with Crippen LogP contribution in [0.5, 0.6) is 0 Å². The molecule has 3 aliphatic heterocycles. The van der Waals surface area contributed by atoms with Gasteiger partial charge in [-0.25, -0.2) is 4.52 Å². The molecule has 3 heteroatoms. The number of aromatic nitrogens is 1. The molecule has 86 valence electrons. The fraction of sp³-hybridized carbons (Fsp3) is 0.357. The fourth-order valence-electron chi connectivity index (χ4n) is 2.96. The number of hydrogen-bond acceptors (Lipinski definition) is 2. The van der Waals surface area contributed by atoms with E-state index in [1.807, 2.05) is 22.9 Å². The maximum Gasteiger partial charge on any atom is 0.258 e. The minimum Gasteiger partial charge on any atom is -0.364 e. The molecule has 3 nitrogen and oxygen atoms in total. The number of para-hydroxylation sites is 1. The van der Waals surface area contributed by atoms with Crippen LogP contribution in [-0.4, -0.2) is 13.1 Å². The van der Waals surface area contributed by atoms with Gasteiger partial charge in [-0.2, -0.15) is 0 Å². The third-order valence-electron chi connectivity index (χ3n) is 3.91. The van der Waals surface area contributed by atoms with Gasteiger partial charge in [-0.1, -0.05) is 18.2 Å². The molecule has 1 fully saturated rings. The summed E-state index contributed by atoms with van der Waals surface area (Å²) in [5, 5.41) is 0. The molecule has 3 aliphatic rings. The van der Waals surface area contributed by atoms with Crippen LogP contribution < -0.4 is 9.64 Å². The van der Waals surface area contributed by atoms with E-state index in [-0.39, 0.29) is 0 Å². The zero-order valence-corrected chi connectivity index (χ0v) is 9.67. The average Bonchev–Trinajstić information content (AvgIpc) is 2.88. The van der Waals surface area contributed by atoms with Crippen molar-refractivity contribution in [2.45, 2.75) is 18.8 Å². The van der Waals surface area contributed by atoms with Gasteiger partial charge in [0.15, 0.2) is 5.69 Å². The first-order valence-electron chi connectivity index (χ1n) is 6.28. The van der Waals surface area contributed by atoms with Crippen LogP contribution in [0.15, 0.2) is 41.1 Å². The summed E-state index contributed by atoms with van der Waals surface area (Å²) < 4.78 is 7.91. The fourth-order valence-corrected chi connectivity index (χ4v) is 2.96. The van der Waals surface area contributed by atoms with Crippen LogP contribution >= 0.6 is 0 Å². The van der Waals surface area contributed by atoms with Gasteiger partial charge in [0, 0.05) is 35.9 Å². The number of benzene rings is 1. The molecule has 0 unspecified atom stereocenters. The van der Waals surface area contributed by atoms with Crippen molar-refractivity contribution in [1.29, 1.82) is 0 Å². The lowest BCUT2D eigenvalue weighted by Crippen LogP contribution is -2.37. The second kappa shape index (κ2) is 3.36. The smallest absolute Gasteiger partial charge is 0.258 e. The monoisotopic (exact) mass is 227 g/mol. The largest absolute Gasteiger partial charge is 0.364 e. The van der Waals surface area contributed by atoms with Crippen molar-refractivity contribution in [3.63, 3.8) is 0 Å². The van der Waals surface area contributed by atoms with E-state index >= 15 is 0 Å². The molecule has 0 radical (unpaired) electrons. The summed E-state index contributed by atoms with van der Waals surface area (Å²) in [5.74, 6) is 1.83. The summed E-state index contributed by atoms with van der Waals surface area (Å²) in [6.07, 6.45) is 4.63. The third kappa shape index (κ3) is 1.32. The van der Waals surface area contributed by atoms with Gasteiger partial charge in [-0.05, 0) is 12.8 Å². The van der Waals surface area contributed by atoms with Crippen molar-refractivity contribution in [2.24, 2.45) is 0 Å². The normalized spacial score (nSPS) is 18.5. The molecular weight excluding hydrogens is 212 g/mol. The minimum atomic E-state index is 0.639. The lowest BCUT2D eigenvalue weighted by Gasteiger charge is -2.36. The Hall–Kier alpha value is -1.77. The topological polar surface area (TPSA) is 20.3 Å². The van der Waals surface area contributed by atoms with Gasteiger partial charge in [0.2, 0.25) is 5.76 Å². The summed E-state index contributed by atoms with van der Waals surface area (Å²) in [6.45, 7) is 2.37. The number of anilines is 1. The molecule has 2 bridgehead atoms. The van der Waals surface area contributed by atoms with Gasteiger partial charge in [0.25, 0.3) is 11.9 Å². The maximum atomic E-state index is 6.00. The van der Waals surface area contributed by atoms with Crippen molar-refractivity contribution in [1.82, 2.24) is 0 Å². The second-order valence-corrected chi connectivity index (χ2v) is 4.89. The minimum absolute atomic E-state index is 0.639. The van der Waals surface area contributed by atoms with Gasteiger partial charge in [0.1, 0.15) is 0 Å². The van der Waals surface area contributed by atoms with Crippen molar-refractivity contribution in [3.8, 4) is 5.69 Å². The highest BCUT2D eigenvalue weighted by Crippen LogP contribution is 2.41. The average molecular weight is 227 g/mol. The molecular formula is C14H15N2O+. The van der Waals surface area contributed by atoms with Gasteiger partial charge in [0.05, 0.1) is 0 Å². The van der Waals surface area contributed by atoms with Crippen LogP contribution in [0.2, 0.25) is 0 Å². The second-order valence-electron chi connectivity index (χ2n) is 4.89. The molecule has 0 saturated carbocycles. The molecule has 0 amide bonds. The number of fused-ring (bicyclic) bond motifs is 2. The highest BCUT2D eigenvalue weighted by atomic mass is 16.5. The van der Waals surface area contributed by atoms with E-state index in [9.17, 15) is 0 Å². The molecule has 0 aliphatic carbocycles. The van der Waals surface area contributed by atoms with Crippen molar-refractivity contribution in [2.75, 3.05) is 18.0 Å². The zero-order valence-electron chi connectivity index (χ0n) is 9.67. The van der Waals surface area contributed by atoms with Crippen LogP contribution in [0.4, 0.5) is 5.69 Å². The summed E-state index contributed by atoms with van der Waals surface area (Å²) >= 11 is 0. The predicted octanol–water partition coefficient (Wildman–Crippen LogP) is 2.25. The number of nitrogens with zero attached hydrogens (tertiary/aromatic N) is 2. The van der Waals surface area contributed by atoms with E-state index in [1.165, 1.54) is 37.4 Å². The maximum absolute atomic E-state index is 6.00. The number of piperidine rings is 1. The first-order valence-corrected chi connectivity index (χ1v) is 6.28. The molecule has 17 heavy (non-hydrogen) atoms. The van der Waals surface area contributed by atoms with Crippen LogP contribution in [0, 0.1) is 0 Å². The Morgan fingerprint density at radius 2 is 1.88 bits per heavy atom. The Labute approximate surface area is 100 Å². The SMILES string of the molecule is c1ccc(-[n+]2cc3c(o2)C2CCN3CC2)cc1. The van der Waals surface area contributed by atoms with Crippen molar-refractivity contribution in [3.05, 3.63) is 42.3 Å². The molecule has 1 aromatic carbocycles. The zero-order chi connectivity index (χ0) is 11.2. The van der Waals surface area contributed by atoms with E-state index in [1.54, 1.807) is 0 Å². The van der Waals surface area contributed by atoms with E-state index in [0.717, 1.165) is 5.69 Å². The van der Waals surface area contributed by atoms with Gasteiger partial charge in [-0.15, -0.1) is 0 Å². The van der Waals surface area contributed by atoms with Crippen LogP contribution in [0.3, 0.4) is 0 Å². The molecule has 5 rings (SSSR count). The summed E-state index contributed by atoms with van der Waals surface area (Å²) in [4.78, 5) is 2.44. The predicted molar refractivity (Wildman–Crippen MR) is 64.4 cm³/mol. The quantitative estimate of drug-likeness (QED) is 0.696. The lowest BCUT2D eigenvalue weighted by molar-refractivity contribution is -0.785. The molecule has 0 spiro atoms. The number of rotatable bonds is 1. The Bertz CT molecular complexity index is 509. The third-order valence-corrected chi connectivity index (χ3v) is 3.91. The Balaban J connectivity index is 1.83. The van der Waals surface area contributed by atoms with Crippen LogP contribution in [0.1, 0.15) is 24.5 Å². The molecule has 4 heterocycles. The Kier molecular flexibility index (Phi) is 1.83. The van der Waals surface area contributed by atoms with Crippen LogP contribution in [-0.2, 0) is 0 Å². The molecule has 0 atom stereocenters. The highest BCUT2D eigenvalue weighted by molar-refractivity contribution is 5.52. The first-order chi connectivity index (χ1) is 8.42. The summed E-state index contributed by atoms with van der Waals surface area (Å²) in [7, 11) is 0. The van der Waals surface area contributed by atoms with Crippen molar-refractivity contribution >= 4 is 5.69 Å². The van der Waals surface area contributed by atoms with Crippen LogP contribution in [0.25, 0.3) is 5.69 Å². The summed E-state index contributed by atoms with van der Waals surface area (Å²) in [6, 6.07) is 10.3. The standard InChI is InChI=1S/C14H15N2O/c1-2-4-12(5-3-1)16-10-13-14(17-16)11-6-8-15(13)9-7-11/h1-5,10-11H,6-9H2/q+1. The highest BCUT2D eigenvalue weighted by Gasteiger charge is 2.38. The number of hydrogen-bond donors (Lipinski definition) is 0. The first kappa shape index (κ1) is 9.28. The Morgan fingerprint density at radius 3 is 2.59 bits per heavy atom. The van der Waals surface area contributed by atoms with Gasteiger partial charge < -0.3 is 4.90 Å². The molecule has 0 N–H and O–H groups in total. The van der Waals surface area contributed by atoms with Crippen molar-refractivity contribution < 1.29 is 9.26 Å². The lowest BCUT2D eigenvalue weighted by atomic mass is 9.88. The molecule has 1 aromatic heterocycles. The van der Waals surface area contributed by atoms with E-state index in [2.05, 4.69) is 23.2 Å².